The Morgan fingerprint density at radius 2 is 2.30 bits per heavy atom. The molecule has 1 N–H and O–H groups in total. The molecule has 2 saturated heterocycles. The van der Waals surface area contributed by atoms with Crippen LogP contribution in [0, 0.1) is 0 Å². The minimum Gasteiger partial charge on any atom is -0.374 e. The number of nitrogens with one attached hydrogen (secondary N) is 1. The molecule has 23 heavy (non-hydrogen) atoms. The first-order chi connectivity index (χ1) is 11.3. The number of hydrogen-bond donors (Lipinski definition) is 1. The van der Waals surface area contributed by atoms with Crippen LogP contribution in [0.2, 0.25) is 0 Å². The molecule has 0 saturated carbocycles. The smallest absolute Gasteiger partial charge is 0.138 e. The lowest BCUT2D eigenvalue weighted by molar-refractivity contribution is -0.0628. The molecule has 2 aliphatic heterocycles. The van der Waals surface area contributed by atoms with Gasteiger partial charge in [-0.25, -0.2) is 9.97 Å². The van der Waals surface area contributed by atoms with Gasteiger partial charge in [-0.15, -0.1) is 11.3 Å². The third kappa shape index (κ3) is 2.46. The highest BCUT2D eigenvalue weighted by Crippen LogP contribution is 2.41. The molecular formula is C17H21N3OS2. The van der Waals surface area contributed by atoms with Crippen molar-refractivity contribution in [3.8, 4) is 0 Å². The van der Waals surface area contributed by atoms with E-state index in [4.69, 9.17) is 4.74 Å². The van der Waals surface area contributed by atoms with Crippen molar-refractivity contribution in [1.29, 1.82) is 0 Å². The predicted octanol–water partition coefficient (Wildman–Crippen LogP) is 3.65. The van der Waals surface area contributed by atoms with Crippen molar-refractivity contribution in [3.05, 3.63) is 16.8 Å². The Morgan fingerprint density at radius 1 is 1.30 bits per heavy atom. The number of fused-ring (bicyclic) bond motifs is 3. The van der Waals surface area contributed by atoms with Gasteiger partial charge in [0.15, 0.2) is 0 Å². The molecule has 4 heterocycles. The molecule has 6 heteroatoms. The Kier molecular flexibility index (Phi) is 3.53. The summed E-state index contributed by atoms with van der Waals surface area (Å²) in [6.45, 7) is 0.869. The zero-order valence-corrected chi connectivity index (χ0v) is 14.8. The van der Waals surface area contributed by atoms with Crippen LogP contribution in [-0.4, -0.2) is 39.7 Å². The summed E-state index contributed by atoms with van der Waals surface area (Å²) in [5.74, 6) is 3.45. The summed E-state index contributed by atoms with van der Waals surface area (Å²) in [5.41, 5.74) is 1.62. The summed E-state index contributed by atoms with van der Waals surface area (Å²) in [7, 11) is 0. The highest BCUT2D eigenvalue weighted by Gasteiger charge is 2.40. The summed E-state index contributed by atoms with van der Waals surface area (Å²) in [6.07, 6.45) is 8.78. The summed E-state index contributed by atoms with van der Waals surface area (Å²) in [4.78, 5) is 11.8. The molecule has 0 amide bonds. The van der Waals surface area contributed by atoms with E-state index in [0.29, 0.717) is 6.04 Å². The lowest BCUT2D eigenvalue weighted by Crippen LogP contribution is -2.44. The van der Waals surface area contributed by atoms with Crippen LogP contribution >= 0.6 is 23.1 Å². The maximum Gasteiger partial charge on any atom is 0.138 e. The molecule has 2 aromatic heterocycles. The summed E-state index contributed by atoms with van der Waals surface area (Å²) < 4.78 is 6.15. The molecule has 0 bridgehead atoms. The molecule has 4 nitrogen and oxygen atoms in total. The van der Waals surface area contributed by atoms with Crippen LogP contribution in [0.4, 0.5) is 5.82 Å². The topological polar surface area (TPSA) is 47.0 Å². The molecule has 122 valence electrons. The van der Waals surface area contributed by atoms with Crippen molar-refractivity contribution in [1.82, 2.24) is 9.97 Å². The first kappa shape index (κ1) is 14.5. The monoisotopic (exact) mass is 347 g/mol. The second-order valence-corrected chi connectivity index (χ2v) is 9.12. The van der Waals surface area contributed by atoms with Crippen LogP contribution in [0.5, 0.6) is 0 Å². The van der Waals surface area contributed by atoms with E-state index >= 15 is 0 Å². The molecule has 2 fully saturated rings. The molecular weight excluding hydrogens is 326 g/mol. The van der Waals surface area contributed by atoms with Crippen molar-refractivity contribution < 1.29 is 4.74 Å². The predicted molar refractivity (Wildman–Crippen MR) is 96.7 cm³/mol. The molecule has 0 radical (unpaired) electrons. The van der Waals surface area contributed by atoms with E-state index in [1.807, 2.05) is 23.1 Å². The SMILES string of the molecule is c1nc(N[C@@H]2CCO[C@]3(CCSC3)C2)c2c3c(sc2n1)CCC3. The number of rotatable bonds is 2. The molecule has 0 aromatic carbocycles. The Labute approximate surface area is 144 Å². The van der Waals surface area contributed by atoms with Gasteiger partial charge in [0.2, 0.25) is 0 Å². The van der Waals surface area contributed by atoms with Crippen LogP contribution < -0.4 is 5.32 Å². The van der Waals surface area contributed by atoms with Crippen molar-refractivity contribution in [2.24, 2.45) is 0 Å². The summed E-state index contributed by atoms with van der Waals surface area (Å²) in [5, 5.41) is 5.05. The van der Waals surface area contributed by atoms with Gasteiger partial charge in [0.1, 0.15) is 17.0 Å². The van der Waals surface area contributed by atoms with Crippen molar-refractivity contribution >= 4 is 39.1 Å². The number of hydrogen-bond acceptors (Lipinski definition) is 6. The van der Waals surface area contributed by atoms with E-state index in [1.165, 1.54) is 47.3 Å². The summed E-state index contributed by atoms with van der Waals surface area (Å²) >= 11 is 3.89. The average molecular weight is 348 g/mol. The molecule has 1 spiro atoms. The van der Waals surface area contributed by atoms with Gasteiger partial charge in [0, 0.05) is 23.3 Å². The third-order valence-electron chi connectivity index (χ3n) is 5.40. The first-order valence-corrected chi connectivity index (χ1v) is 10.5. The fourth-order valence-corrected chi connectivity index (χ4v) is 6.85. The van der Waals surface area contributed by atoms with E-state index in [-0.39, 0.29) is 5.60 Å². The lowest BCUT2D eigenvalue weighted by atomic mass is 9.90. The van der Waals surface area contributed by atoms with E-state index < -0.39 is 0 Å². The number of anilines is 1. The molecule has 1 aliphatic carbocycles. The zero-order chi connectivity index (χ0) is 15.3. The van der Waals surface area contributed by atoms with Gasteiger partial charge in [-0.05, 0) is 49.8 Å². The van der Waals surface area contributed by atoms with Gasteiger partial charge in [0.25, 0.3) is 0 Å². The third-order valence-corrected chi connectivity index (χ3v) is 7.83. The minimum absolute atomic E-state index is 0.114. The van der Waals surface area contributed by atoms with Crippen LogP contribution in [0.15, 0.2) is 6.33 Å². The van der Waals surface area contributed by atoms with Crippen molar-refractivity contribution in [3.63, 3.8) is 0 Å². The van der Waals surface area contributed by atoms with Crippen molar-refractivity contribution in [2.45, 2.75) is 50.2 Å². The number of thiophene rings is 1. The molecule has 3 aliphatic rings. The Morgan fingerprint density at radius 3 is 3.22 bits per heavy atom. The van der Waals surface area contributed by atoms with E-state index in [0.717, 1.165) is 35.8 Å². The largest absolute Gasteiger partial charge is 0.374 e. The van der Waals surface area contributed by atoms with E-state index in [2.05, 4.69) is 15.3 Å². The molecule has 0 unspecified atom stereocenters. The maximum absolute atomic E-state index is 6.15. The van der Waals surface area contributed by atoms with Gasteiger partial charge < -0.3 is 10.1 Å². The second-order valence-electron chi connectivity index (χ2n) is 6.93. The Hall–Kier alpha value is -0.850. The van der Waals surface area contributed by atoms with Crippen LogP contribution in [0.25, 0.3) is 10.2 Å². The first-order valence-electron chi connectivity index (χ1n) is 8.56. The minimum atomic E-state index is 0.114. The van der Waals surface area contributed by atoms with Crippen LogP contribution in [0.3, 0.4) is 0 Å². The molecule has 5 rings (SSSR count). The van der Waals surface area contributed by atoms with Crippen LogP contribution in [0.1, 0.15) is 36.1 Å². The fraction of sp³-hybridized carbons (Fsp3) is 0.647. The Bertz CT molecular complexity index is 739. The van der Waals surface area contributed by atoms with E-state index in [1.54, 1.807) is 6.33 Å². The number of ether oxygens (including phenoxy) is 1. The standard InChI is InChI=1S/C17H21N3OS2/c1-2-12-13(3-1)23-16-14(12)15(18-10-19-16)20-11-4-6-21-17(8-11)5-7-22-9-17/h10-11H,1-9H2,(H,18,19,20)/t11-,17-/m1/s1. The van der Waals surface area contributed by atoms with E-state index in [9.17, 15) is 0 Å². The zero-order valence-electron chi connectivity index (χ0n) is 13.1. The Balaban J connectivity index is 1.45. The van der Waals surface area contributed by atoms with Gasteiger partial charge in [-0.2, -0.15) is 11.8 Å². The highest BCUT2D eigenvalue weighted by atomic mass is 32.2. The van der Waals surface area contributed by atoms with Gasteiger partial charge in [-0.1, -0.05) is 0 Å². The highest BCUT2D eigenvalue weighted by molar-refractivity contribution is 7.99. The van der Waals surface area contributed by atoms with Gasteiger partial charge in [0.05, 0.1) is 11.0 Å². The van der Waals surface area contributed by atoms with Crippen molar-refractivity contribution in [2.75, 3.05) is 23.4 Å². The lowest BCUT2D eigenvalue weighted by Gasteiger charge is -2.38. The number of aromatic nitrogens is 2. The van der Waals surface area contributed by atoms with Gasteiger partial charge >= 0.3 is 0 Å². The normalized spacial score (nSPS) is 30.2. The number of aryl methyl sites for hydroxylation is 2. The quantitative estimate of drug-likeness (QED) is 0.898. The van der Waals surface area contributed by atoms with Crippen LogP contribution in [-0.2, 0) is 17.6 Å². The average Bonchev–Trinajstić information content (AvgIpc) is 3.24. The number of nitrogens with zero attached hydrogens (tertiary/aromatic N) is 2. The molecule has 2 aromatic rings. The number of thioether (sulfide) groups is 1. The fourth-order valence-electron chi connectivity index (χ4n) is 4.25. The molecule has 2 atom stereocenters. The summed E-state index contributed by atoms with van der Waals surface area (Å²) in [6, 6.07) is 0.470. The second kappa shape index (κ2) is 5.60. The van der Waals surface area contributed by atoms with Gasteiger partial charge in [-0.3, -0.25) is 0 Å². The maximum atomic E-state index is 6.15.